The predicted octanol–water partition coefficient (Wildman–Crippen LogP) is 5.17. The summed E-state index contributed by atoms with van der Waals surface area (Å²) in [6, 6.07) is 13.5. The minimum atomic E-state index is -0.908. The highest BCUT2D eigenvalue weighted by atomic mass is 35.5. The molecule has 0 aliphatic heterocycles. The van der Waals surface area contributed by atoms with Gasteiger partial charge in [-0.1, -0.05) is 30.3 Å². The molecule has 0 aromatic heterocycles. The molecule has 3 nitrogen and oxygen atoms in total. The van der Waals surface area contributed by atoms with Gasteiger partial charge in [-0.25, -0.2) is 4.79 Å². The summed E-state index contributed by atoms with van der Waals surface area (Å²) in [5.41, 5.74) is 5.43. The van der Waals surface area contributed by atoms with Crippen LogP contribution in [0.4, 0.5) is 0 Å². The quantitative estimate of drug-likeness (QED) is 0.630. The molecule has 2 aromatic carbocycles. The Morgan fingerprint density at radius 3 is 2.39 bits per heavy atom. The van der Waals surface area contributed by atoms with Gasteiger partial charge in [-0.05, 0) is 92.2 Å². The van der Waals surface area contributed by atoms with Crippen LogP contribution in [0.3, 0.4) is 0 Å². The molecular weight excluding hydrogens is 372 g/mol. The van der Waals surface area contributed by atoms with Gasteiger partial charge in [-0.2, -0.15) is 0 Å². The normalized spacial score (nSPS) is 24.4. The van der Waals surface area contributed by atoms with E-state index in [9.17, 15) is 9.90 Å². The van der Waals surface area contributed by atoms with Gasteiger partial charge >= 0.3 is 5.97 Å². The zero-order valence-electron chi connectivity index (χ0n) is 16.6. The van der Waals surface area contributed by atoms with E-state index in [0.29, 0.717) is 17.9 Å². The molecule has 2 aromatic rings. The van der Waals surface area contributed by atoms with Crippen LogP contribution in [0.15, 0.2) is 42.5 Å². The van der Waals surface area contributed by atoms with Crippen molar-refractivity contribution < 1.29 is 15.0 Å². The van der Waals surface area contributed by atoms with Gasteiger partial charge < -0.3 is 10.2 Å². The van der Waals surface area contributed by atoms with E-state index in [1.165, 1.54) is 16.7 Å². The molecule has 4 heteroatoms. The summed E-state index contributed by atoms with van der Waals surface area (Å²) in [6.45, 7) is 4.31. The van der Waals surface area contributed by atoms with Crippen LogP contribution in [-0.4, -0.2) is 27.7 Å². The summed E-state index contributed by atoms with van der Waals surface area (Å²) in [4.78, 5) is 11.0. The van der Waals surface area contributed by atoms with Crippen LogP contribution >= 0.6 is 11.6 Å². The fraction of sp³-hybridized carbons (Fsp3) is 0.458. The van der Waals surface area contributed by atoms with E-state index in [0.717, 1.165) is 31.2 Å². The lowest BCUT2D eigenvalue weighted by Gasteiger charge is -2.24. The van der Waals surface area contributed by atoms with E-state index >= 15 is 0 Å². The smallest absolute Gasteiger partial charge is 0.335 e. The van der Waals surface area contributed by atoms with Crippen molar-refractivity contribution in [3.63, 3.8) is 0 Å². The molecule has 2 N–H and O–H groups in total. The van der Waals surface area contributed by atoms with Crippen molar-refractivity contribution in [2.45, 2.75) is 57.4 Å². The molecule has 3 unspecified atom stereocenters. The lowest BCUT2D eigenvalue weighted by Crippen LogP contribution is -2.22. The van der Waals surface area contributed by atoms with Crippen LogP contribution in [0.1, 0.15) is 51.9 Å². The number of alkyl halides is 1. The van der Waals surface area contributed by atoms with E-state index in [2.05, 4.69) is 32.0 Å². The number of halogens is 1. The van der Waals surface area contributed by atoms with Crippen LogP contribution in [-0.2, 0) is 12.8 Å². The Balaban J connectivity index is 1.63. The summed E-state index contributed by atoms with van der Waals surface area (Å²) in [6.07, 6.45) is 3.96. The minimum absolute atomic E-state index is 0.0134. The predicted molar refractivity (Wildman–Crippen MR) is 113 cm³/mol. The zero-order valence-corrected chi connectivity index (χ0v) is 17.3. The molecule has 1 saturated carbocycles. The number of aliphatic hydroxyl groups excluding tert-OH is 1. The molecule has 1 aliphatic carbocycles. The number of hydrogen-bond donors (Lipinski definition) is 2. The van der Waals surface area contributed by atoms with Gasteiger partial charge in [-0.15, -0.1) is 11.6 Å². The number of hydrogen-bond acceptors (Lipinski definition) is 2. The molecule has 0 amide bonds. The molecule has 0 spiro atoms. The highest BCUT2D eigenvalue weighted by Gasteiger charge is 2.40. The second-order valence-corrected chi connectivity index (χ2v) is 8.65. The van der Waals surface area contributed by atoms with E-state index in [-0.39, 0.29) is 17.4 Å². The number of rotatable bonds is 7. The van der Waals surface area contributed by atoms with Gasteiger partial charge in [-0.3, -0.25) is 0 Å². The average Bonchev–Trinajstić information content (AvgIpc) is 2.94. The molecule has 28 heavy (non-hydrogen) atoms. The number of aryl methyl sites for hydroxylation is 3. The summed E-state index contributed by atoms with van der Waals surface area (Å²) in [5.74, 6) is -0.420. The molecule has 3 rings (SSSR count). The van der Waals surface area contributed by atoms with E-state index in [1.54, 1.807) is 12.1 Å². The van der Waals surface area contributed by atoms with Gasteiger partial charge in [0, 0.05) is 5.38 Å². The highest BCUT2D eigenvalue weighted by Crippen LogP contribution is 2.41. The maximum atomic E-state index is 11.0. The third-order valence-corrected chi connectivity index (χ3v) is 6.91. The maximum absolute atomic E-state index is 11.0. The summed E-state index contributed by atoms with van der Waals surface area (Å²) < 4.78 is 0. The van der Waals surface area contributed by atoms with Gasteiger partial charge in [0.25, 0.3) is 0 Å². The van der Waals surface area contributed by atoms with Crippen molar-refractivity contribution in [2.75, 3.05) is 0 Å². The fourth-order valence-corrected chi connectivity index (χ4v) is 4.98. The monoisotopic (exact) mass is 400 g/mol. The Labute approximate surface area is 172 Å². The van der Waals surface area contributed by atoms with Crippen molar-refractivity contribution in [1.82, 2.24) is 0 Å². The Hall–Kier alpha value is -1.84. The lowest BCUT2D eigenvalue weighted by molar-refractivity contribution is 0.0697. The molecule has 0 saturated heterocycles. The number of benzene rings is 2. The largest absolute Gasteiger partial charge is 0.478 e. The van der Waals surface area contributed by atoms with Crippen molar-refractivity contribution in [3.8, 4) is 0 Å². The topological polar surface area (TPSA) is 57.5 Å². The summed E-state index contributed by atoms with van der Waals surface area (Å²) in [5, 5.41) is 19.6. The van der Waals surface area contributed by atoms with E-state index in [1.807, 2.05) is 12.1 Å². The number of carboxylic acid groups (broad SMARTS) is 1. The molecule has 0 heterocycles. The second kappa shape index (κ2) is 9.11. The molecule has 150 valence electrons. The number of carboxylic acids is 1. The Morgan fingerprint density at radius 1 is 1.04 bits per heavy atom. The number of aliphatic hydroxyl groups is 1. The second-order valence-electron chi connectivity index (χ2n) is 8.09. The average molecular weight is 401 g/mol. The Bertz CT molecular complexity index is 815. The molecular formula is C24H29ClO3. The van der Waals surface area contributed by atoms with E-state index < -0.39 is 5.97 Å². The Kier molecular flexibility index (Phi) is 6.79. The summed E-state index contributed by atoms with van der Waals surface area (Å²) in [7, 11) is 0. The first-order valence-corrected chi connectivity index (χ1v) is 10.5. The van der Waals surface area contributed by atoms with Crippen molar-refractivity contribution in [3.05, 3.63) is 70.3 Å². The van der Waals surface area contributed by atoms with Crippen LogP contribution in [0.5, 0.6) is 0 Å². The van der Waals surface area contributed by atoms with Crippen molar-refractivity contribution >= 4 is 17.6 Å². The van der Waals surface area contributed by atoms with Crippen molar-refractivity contribution in [2.24, 2.45) is 11.8 Å². The summed E-state index contributed by atoms with van der Waals surface area (Å²) >= 11 is 6.62. The van der Waals surface area contributed by atoms with Crippen LogP contribution in [0.2, 0.25) is 0 Å². The first kappa shape index (κ1) is 20.9. The van der Waals surface area contributed by atoms with Crippen LogP contribution < -0.4 is 0 Å². The highest BCUT2D eigenvalue weighted by molar-refractivity contribution is 6.21. The van der Waals surface area contributed by atoms with Gasteiger partial charge in [0.15, 0.2) is 0 Å². The van der Waals surface area contributed by atoms with Gasteiger partial charge in [0.1, 0.15) is 0 Å². The number of aromatic carboxylic acids is 1. The maximum Gasteiger partial charge on any atom is 0.335 e. The molecule has 0 bridgehead atoms. The third-order valence-electron chi connectivity index (χ3n) is 6.41. The fourth-order valence-electron chi connectivity index (χ4n) is 4.49. The minimum Gasteiger partial charge on any atom is -0.478 e. The SMILES string of the molecule is Cc1cccc(CCC2C(Cl)CC(O)[C@@H]2CCc2ccc(C(=O)O)cc2)c1C. The molecule has 4 atom stereocenters. The third kappa shape index (κ3) is 4.76. The van der Waals surface area contributed by atoms with E-state index in [4.69, 9.17) is 16.7 Å². The lowest BCUT2D eigenvalue weighted by atomic mass is 9.84. The number of carbonyl (C=O) groups is 1. The standard InChI is InChI=1S/C24H29ClO3/c1-15-4-3-5-18(16(15)2)11-13-20-21(23(26)14-22(20)25)12-8-17-6-9-19(10-7-17)24(27)28/h3-7,9-10,20-23,26H,8,11-14H2,1-2H3,(H,27,28)/t20?,21-,22?,23?/m1/s1. The van der Waals surface area contributed by atoms with Crippen molar-refractivity contribution in [1.29, 1.82) is 0 Å². The first-order chi connectivity index (χ1) is 13.4. The van der Waals surface area contributed by atoms with Crippen LogP contribution in [0.25, 0.3) is 0 Å². The van der Waals surface area contributed by atoms with Gasteiger partial charge in [0.05, 0.1) is 11.7 Å². The molecule has 1 fully saturated rings. The molecule has 0 radical (unpaired) electrons. The zero-order chi connectivity index (χ0) is 20.3. The van der Waals surface area contributed by atoms with Gasteiger partial charge in [0.2, 0.25) is 0 Å². The first-order valence-electron chi connectivity index (χ1n) is 10.1. The molecule has 1 aliphatic rings. The Morgan fingerprint density at radius 2 is 1.71 bits per heavy atom. The van der Waals surface area contributed by atoms with Crippen LogP contribution in [0, 0.1) is 25.7 Å².